The summed E-state index contributed by atoms with van der Waals surface area (Å²) in [6, 6.07) is 7.11. The van der Waals surface area contributed by atoms with Crippen LogP contribution < -0.4 is 11.1 Å². The van der Waals surface area contributed by atoms with Crippen molar-refractivity contribution in [2.45, 2.75) is 32.4 Å². The van der Waals surface area contributed by atoms with Gasteiger partial charge in [0.25, 0.3) is 0 Å². The SMILES string of the molecule is CC(C)(N)C(=O)NCc1ccccc1CC(=O)O. The Morgan fingerprint density at radius 3 is 2.33 bits per heavy atom. The van der Waals surface area contributed by atoms with Crippen LogP contribution in [-0.2, 0) is 22.6 Å². The van der Waals surface area contributed by atoms with E-state index in [9.17, 15) is 9.59 Å². The molecule has 1 rings (SSSR count). The average molecular weight is 250 g/mol. The molecular formula is C13H18N2O3. The minimum Gasteiger partial charge on any atom is -0.481 e. The monoisotopic (exact) mass is 250 g/mol. The second-order valence-corrected chi connectivity index (χ2v) is 4.74. The lowest BCUT2D eigenvalue weighted by Crippen LogP contribution is -2.48. The molecule has 0 aliphatic rings. The molecule has 0 aromatic heterocycles. The van der Waals surface area contributed by atoms with Gasteiger partial charge in [0.05, 0.1) is 12.0 Å². The van der Waals surface area contributed by atoms with Crippen LogP contribution in [0.1, 0.15) is 25.0 Å². The zero-order valence-electron chi connectivity index (χ0n) is 10.6. The Balaban J connectivity index is 2.73. The van der Waals surface area contributed by atoms with Gasteiger partial charge >= 0.3 is 5.97 Å². The molecule has 1 aromatic rings. The minimum atomic E-state index is -0.943. The van der Waals surface area contributed by atoms with Crippen LogP contribution in [0.5, 0.6) is 0 Å². The molecule has 0 saturated carbocycles. The van der Waals surface area contributed by atoms with Crippen molar-refractivity contribution in [2.24, 2.45) is 5.73 Å². The molecule has 0 heterocycles. The van der Waals surface area contributed by atoms with Crippen LogP contribution in [0.3, 0.4) is 0 Å². The summed E-state index contributed by atoms with van der Waals surface area (Å²) in [5.74, 6) is -1.17. The summed E-state index contributed by atoms with van der Waals surface area (Å²) in [6.45, 7) is 3.51. The summed E-state index contributed by atoms with van der Waals surface area (Å²) in [7, 11) is 0. The Morgan fingerprint density at radius 2 is 1.83 bits per heavy atom. The Labute approximate surface area is 106 Å². The zero-order valence-corrected chi connectivity index (χ0v) is 10.6. The van der Waals surface area contributed by atoms with Crippen LogP contribution in [0.4, 0.5) is 0 Å². The van der Waals surface area contributed by atoms with Crippen LogP contribution in [0.15, 0.2) is 24.3 Å². The lowest BCUT2D eigenvalue weighted by Gasteiger charge is -2.18. The van der Waals surface area contributed by atoms with E-state index in [4.69, 9.17) is 10.8 Å². The predicted octanol–water partition coefficient (Wildman–Crippen LogP) is 0.667. The molecule has 1 amide bonds. The number of nitrogens with one attached hydrogen (secondary N) is 1. The third-order valence-electron chi connectivity index (χ3n) is 2.48. The Hall–Kier alpha value is -1.88. The summed E-state index contributed by atoms with van der Waals surface area (Å²) < 4.78 is 0. The number of amides is 1. The van der Waals surface area contributed by atoms with Crippen LogP contribution in [-0.4, -0.2) is 22.5 Å². The molecule has 0 aliphatic carbocycles. The highest BCUT2D eigenvalue weighted by Crippen LogP contribution is 2.10. The normalized spacial score (nSPS) is 11.1. The molecule has 0 fully saturated rings. The van der Waals surface area contributed by atoms with E-state index in [-0.39, 0.29) is 18.9 Å². The maximum Gasteiger partial charge on any atom is 0.307 e. The number of aliphatic carboxylic acids is 1. The van der Waals surface area contributed by atoms with Crippen molar-refractivity contribution in [1.29, 1.82) is 0 Å². The van der Waals surface area contributed by atoms with Crippen molar-refractivity contribution >= 4 is 11.9 Å². The number of rotatable bonds is 5. The summed E-state index contributed by atoms with van der Waals surface area (Å²) in [5.41, 5.74) is 6.20. The first kappa shape index (κ1) is 14.2. The van der Waals surface area contributed by atoms with Crippen LogP contribution in [0.25, 0.3) is 0 Å². The van der Waals surface area contributed by atoms with E-state index in [1.165, 1.54) is 0 Å². The highest BCUT2D eigenvalue weighted by Gasteiger charge is 2.21. The standard InChI is InChI=1S/C13H18N2O3/c1-13(2,14)12(18)15-8-10-6-4-3-5-9(10)7-11(16)17/h3-6H,7-8,14H2,1-2H3,(H,15,18)(H,16,17). The lowest BCUT2D eigenvalue weighted by molar-refractivity contribution is -0.136. The topological polar surface area (TPSA) is 92.4 Å². The molecular weight excluding hydrogens is 232 g/mol. The highest BCUT2D eigenvalue weighted by atomic mass is 16.4. The molecule has 5 nitrogen and oxygen atoms in total. The molecule has 0 atom stereocenters. The zero-order chi connectivity index (χ0) is 13.8. The van der Waals surface area contributed by atoms with Crippen molar-refractivity contribution in [3.63, 3.8) is 0 Å². The Kier molecular flexibility index (Phi) is 4.44. The second kappa shape index (κ2) is 5.64. The highest BCUT2D eigenvalue weighted by molar-refractivity contribution is 5.85. The quantitative estimate of drug-likeness (QED) is 0.716. The number of hydrogen-bond donors (Lipinski definition) is 3. The van der Waals surface area contributed by atoms with Gasteiger partial charge in [0.2, 0.25) is 5.91 Å². The number of carboxylic acids is 1. The molecule has 0 radical (unpaired) electrons. The van der Waals surface area contributed by atoms with Gasteiger partial charge in [-0.05, 0) is 25.0 Å². The fourth-order valence-electron chi connectivity index (χ4n) is 1.47. The van der Waals surface area contributed by atoms with Crippen LogP contribution in [0.2, 0.25) is 0 Å². The molecule has 0 aliphatic heterocycles. The van der Waals surface area contributed by atoms with Crippen molar-refractivity contribution in [2.75, 3.05) is 0 Å². The van der Waals surface area contributed by atoms with Gasteiger partial charge in [-0.2, -0.15) is 0 Å². The predicted molar refractivity (Wildman–Crippen MR) is 67.9 cm³/mol. The van der Waals surface area contributed by atoms with Gasteiger partial charge in [-0.15, -0.1) is 0 Å². The van der Waals surface area contributed by atoms with E-state index in [0.717, 1.165) is 5.56 Å². The van der Waals surface area contributed by atoms with E-state index in [1.54, 1.807) is 38.1 Å². The van der Waals surface area contributed by atoms with Gasteiger partial charge in [-0.3, -0.25) is 9.59 Å². The summed E-state index contributed by atoms with van der Waals surface area (Å²) >= 11 is 0. The molecule has 1 aromatic carbocycles. The van der Waals surface area contributed by atoms with Gasteiger partial charge in [-0.1, -0.05) is 24.3 Å². The first-order valence-corrected chi connectivity index (χ1v) is 5.66. The smallest absolute Gasteiger partial charge is 0.307 e. The largest absolute Gasteiger partial charge is 0.481 e. The maximum absolute atomic E-state index is 11.6. The molecule has 98 valence electrons. The first-order chi connectivity index (χ1) is 8.30. The Bertz CT molecular complexity index is 450. The molecule has 0 saturated heterocycles. The molecule has 18 heavy (non-hydrogen) atoms. The van der Waals surface area contributed by atoms with Crippen molar-refractivity contribution < 1.29 is 14.7 Å². The third kappa shape index (κ3) is 4.18. The molecule has 0 unspecified atom stereocenters. The van der Waals surface area contributed by atoms with E-state index in [0.29, 0.717) is 5.56 Å². The van der Waals surface area contributed by atoms with E-state index < -0.39 is 11.5 Å². The number of carboxylic acid groups (broad SMARTS) is 1. The summed E-state index contributed by atoms with van der Waals surface area (Å²) in [4.78, 5) is 22.3. The number of carbonyl (C=O) groups is 2. The molecule has 0 bridgehead atoms. The van der Waals surface area contributed by atoms with Gasteiger partial charge in [0, 0.05) is 6.54 Å². The fraction of sp³-hybridized carbons (Fsp3) is 0.385. The van der Waals surface area contributed by atoms with Crippen molar-refractivity contribution in [3.8, 4) is 0 Å². The third-order valence-corrected chi connectivity index (χ3v) is 2.48. The number of carbonyl (C=O) groups excluding carboxylic acids is 1. The minimum absolute atomic E-state index is 0.0575. The summed E-state index contributed by atoms with van der Waals surface area (Å²) in [5, 5.41) is 11.5. The van der Waals surface area contributed by atoms with E-state index >= 15 is 0 Å². The van der Waals surface area contributed by atoms with Gasteiger partial charge in [0.1, 0.15) is 0 Å². The average Bonchev–Trinajstić information content (AvgIpc) is 2.25. The molecule has 5 heteroatoms. The van der Waals surface area contributed by atoms with E-state index in [1.807, 2.05) is 0 Å². The van der Waals surface area contributed by atoms with Crippen LogP contribution >= 0.6 is 0 Å². The Morgan fingerprint density at radius 1 is 1.28 bits per heavy atom. The van der Waals surface area contributed by atoms with Gasteiger partial charge in [0.15, 0.2) is 0 Å². The van der Waals surface area contributed by atoms with Crippen molar-refractivity contribution in [1.82, 2.24) is 5.32 Å². The maximum atomic E-state index is 11.6. The van der Waals surface area contributed by atoms with E-state index in [2.05, 4.69) is 5.32 Å². The van der Waals surface area contributed by atoms with Gasteiger partial charge in [-0.25, -0.2) is 0 Å². The lowest BCUT2D eigenvalue weighted by atomic mass is 10.0. The number of nitrogens with two attached hydrogens (primary N) is 1. The first-order valence-electron chi connectivity index (χ1n) is 5.66. The molecule has 0 spiro atoms. The second-order valence-electron chi connectivity index (χ2n) is 4.74. The van der Waals surface area contributed by atoms with Gasteiger partial charge < -0.3 is 16.2 Å². The van der Waals surface area contributed by atoms with Crippen LogP contribution in [0, 0.1) is 0 Å². The number of hydrogen-bond acceptors (Lipinski definition) is 3. The van der Waals surface area contributed by atoms with Crippen molar-refractivity contribution in [3.05, 3.63) is 35.4 Å². The number of benzene rings is 1. The molecule has 4 N–H and O–H groups in total. The summed E-state index contributed by atoms with van der Waals surface area (Å²) in [6.07, 6.45) is -0.0575. The fourth-order valence-corrected chi connectivity index (χ4v) is 1.47.